The van der Waals surface area contributed by atoms with E-state index in [0.717, 1.165) is 17.5 Å². The summed E-state index contributed by atoms with van der Waals surface area (Å²) in [6.45, 7) is 8.42. The molecule has 0 aromatic heterocycles. The van der Waals surface area contributed by atoms with Crippen LogP contribution >= 0.6 is 0 Å². The van der Waals surface area contributed by atoms with Crippen molar-refractivity contribution in [1.29, 1.82) is 0 Å². The lowest BCUT2D eigenvalue weighted by molar-refractivity contribution is 0.298. The molecule has 0 aliphatic carbocycles. The number of aryl methyl sites for hydroxylation is 1. The minimum Gasteiger partial charge on any atom is -0.266 e. The minimum absolute atomic E-state index is 0.0123. The molecule has 4 heteroatoms. The summed E-state index contributed by atoms with van der Waals surface area (Å²) in [4.78, 5) is 0.201. The lowest BCUT2D eigenvalue weighted by Gasteiger charge is -2.14. The molecule has 0 saturated heterocycles. The Morgan fingerprint density at radius 2 is 1.50 bits per heavy atom. The van der Waals surface area contributed by atoms with Crippen molar-refractivity contribution in [3.63, 3.8) is 0 Å². The molecule has 3 nitrogen and oxygen atoms in total. The van der Waals surface area contributed by atoms with Crippen LogP contribution in [0.4, 0.5) is 0 Å². The van der Waals surface area contributed by atoms with Crippen molar-refractivity contribution < 1.29 is 12.6 Å². The Morgan fingerprint density at radius 3 is 2.04 bits per heavy atom. The average molecular weight is 346 g/mol. The quantitative estimate of drug-likeness (QED) is 0.682. The third-order valence-electron chi connectivity index (χ3n) is 3.98. The highest BCUT2D eigenvalue weighted by molar-refractivity contribution is 7.86. The molecule has 0 fully saturated rings. The molecule has 0 N–H and O–H groups in total. The molecule has 2 aromatic carbocycles. The van der Waals surface area contributed by atoms with Crippen LogP contribution < -0.4 is 0 Å². The molecule has 0 aliphatic heterocycles. The SMILES string of the molecule is Cc1ccc(S(=O)(=O)OC[C@@H](C)c2ccc(CC(C)C)cc2)cc1. The van der Waals surface area contributed by atoms with Crippen LogP contribution in [0.3, 0.4) is 0 Å². The zero-order valence-corrected chi connectivity index (χ0v) is 15.6. The largest absolute Gasteiger partial charge is 0.296 e. The van der Waals surface area contributed by atoms with Crippen LogP contribution in [0.1, 0.15) is 43.4 Å². The molecule has 0 radical (unpaired) electrons. The maximum atomic E-state index is 12.2. The molecular formula is C20H26O3S. The van der Waals surface area contributed by atoms with E-state index in [1.165, 1.54) is 5.56 Å². The van der Waals surface area contributed by atoms with E-state index in [4.69, 9.17) is 4.18 Å². The van der Waals surface area contributed by atoms with Gasteiger partial charge in [-0.3, -0.25) is 4.18 Å². The molecule has 2 aromatic rings. The highest BCUT2D eigenvalue weighted by Gasteiger charge is 2.17. The second-order valence-electron chi connectivity index (χ2n) is 6.79. The van der Waals surface area contributed by atoms with Crippen LogP contribution in [0.5, 0.6) is 0 Å². The molecule has 0 bridgehead atoms. The van der Waals surface area contributed by atoms with Crippen molar-refractivity contribution in [2.24, 2.45) is 5.92 Å². The Kier molecular flexibility index (Phi) is 6.19. The zero-order chi connectivity index (χ0) is 17.7. The van der Waals surface area contributed by atoms with Gasteiger partial charge in [0.2, 0.25) is 0 Å². The molecular weight excluding hydrogens is 320 g/mol. The lowest BCUT2D eigenvalue weighted by atomic mass is 9.97. The van der Waals surface area contributed by atoms with Crippen molar-refractivity contribution in [2.75, 3.05) is 6.61 Å². The van der Waals surface area contributed by atoms with Crippen molar-refractivity contribution in [3.05, 3.63) is 65.2 Å². The van der Waals surface area contributed by atoms with Crippen molar-refractivity contribution in [2.45, 2.75) is 44.9 Å². The fourth-order valence-corrected chi connectivity index (χ4v) is 3.50. The Bertz CT molecular complexity index is 744. The Labute approximate surface area is 145 Å². The van der Waals surface area contributed by atoms with Gasteiger partial charge in [0, 0.05) is 5.92 Å². The van der Waals surface area contributed by atoms with E-state index in [9.17, 15) is 8.42 Å². The number of benzene rings is 2. The molecule has 0 spiro atoms. The highest BCUT2D eigenvalue weighted by atomic mass is 32.2. The lowest BCUT2D eigenvalue weighted by Crippen LogP contribution is -2.12. The van der Waals surface area contributed by atoms with Crippen LogP contribution in [0.2, 0.25) is 0 Å². The third kappa shape index (κ3) is 5.18. The maximum Gasteiger partial charge on any atom is 0.296 e. The normalized spacial score (nSPS) is 13.2. The van der Waals surface area contributed by atoms with Crippen LogP contribution in [0, 0.1) is 12.8 Å². The van der Waals surface area contributed by atoms with Crippen LogP contribution in [-0.4, -0.2) is 15.0 Å². The molecule has 0 aliphatic rings. The average Bonchev–Trinajstić information content (AvgIpc) is 2.53. The molecule has 24 heavy (non-hydrogen) atoms. The first kappa shape index (κ1) is 18.7. The van der Waals surface area contributed by atoms with E-state index in [-0.39, 0.29) is 17.4 Å². The van der Waals surface area contributed by atoms with E-state index < -0.39 is 10.1 Å². The Morgan fingerprint density at radius 1 is 0.917 bits per heavy atom. The molecule has 2 rings (SSSR count). The van der Waals surface area contributed by atoms with Gasteiger partial charge in [-0.15, -0.1) is 0 Å². The van der Waals surface area contributed by atoms with Crippen LogP contribution in [-0.2, 0) is 20.7 Å². The van der Waals surface area contributed by atoms with Gasteiger partial charge in [-0.25, -0.2) is 0 Å². The van der Waals surface area contributed by atoms with E-state index in [1.807, 2.05) is 13.8 Å². The summed E-state index contributed by atoms with van der Waals surface area (Å²) in [6, 6.07) is 15.0. The first-order chi connectivity index (χ1) is 11.3. The van der Waals surface area contributed by atoms with Gasteiger partial charge in [-0.2, -0.15) is 8.42 Å². The summed E-state index contributed by atoms with van der Waals surface area (Å²) in [7, 11) is -3.70. The maximum absolute atomic E-state index is 12.2. The highest BCUT2D eigenvalue weighted by Crippen LogP contribution is 2.20. The molecule has 0 unspecified atom stereocenters. The number of rotatable bonds is 7. The van der Waals surface area contributed by atoms with Gasteiger partial charge in [0.25, 0.3) is 10.1 Å². The topological polar surface area (TPSA) is 43.4 Å². The van der Waals surface area contributed by atoms with Gasteiger partial charge >= 0.3 is 0 Å². The first-order valence-corrected chi connectivity index (χ1v) is 9.73. The number of hydrogen-bond acceptors (Lipinski definition) is 3. The smallest absolute Gasteiger partial charge is 0.266 e. The minimum atomic E-state index is -3.70. The van der Waals surface area contributed by atoms with Gasteiger partial charge in [0.1, 0.15) is 0 Å². The third-order valence-corrected chi connectivity index (χ3v) is 5.27. The summed E-state index contributed by atoms with van der Waals surface area (Å²) in [5, 5.41) is 0. The monoisotopic (exact) mass is 346 g/mol. The summed E-state index contributed by atoms with van der Waals surface area (Å²) in [5.41, 5.74) is 3.40. The summed E-state index contributed by atoms with van der Waals surface area (Å²) >= 11 is 0. The predicted octanol–water partition coefficient (Wildman–Crippen LogP) is 4.70. The van der Waals surface area contributed by atoms with Gasteiger partial charge < -0.3 is 0 Å². The molecule has 0 saturated carbocycles. The van der Waals surface area contributed by atoms with Gasteiger partial charge in [-0.05, 0) is 42.5 Å². The second-order valence-corrected chi connectivity index (χ2v) is 8.41. The molecule has 0 amide bonds. The zero-order valence-electron chi connectivity index (χ0n) is 14.8. The summed E-state index contributed by atoms with van der Waals surface area (Å²) in [5.74, 6) is 0.634. The van der Waals surface area contributed by atoms with Crippen molar-refractivity contribution in [3.8, 4) is 0 Å². The van der Waals surface area contributed by atoms with Gasteiger partial charge in [0.15, 0.2) is 0 Å². The fraction of sp³-hybridized carbons (Fsp3) is 0.400. The number of hydrogen-bond donors (Lipinski definition) is 0. The fourth-order valence-electron chi connectivity index (χ4n) is 2.51. The molecule has 1 atom stereocenters. The summed E-state index contributed by atoms with van der Waals surface area (Å²) in [6.07, 6.45) is 1.05. The Balaban J connectivity index is 1.99. The molecule has 130 valence electrons. The Hall–Kier alpha value is -1.65. The van der Waals surface area contributed by atoms with E-state index in [2.05, 4.69) is 38.1 Å². The van der Waals surface area contributed by atoms with E-state index in [0.29, 0.717) is 5.92 Å². The standard InChI is InChI=1S/C20H26O3S/c1-15(2)13-18-7-9-19(10-8-18)17(4)14-23-24(21,22)20-11-5-16(3)6-12-20/h5-12,15,17H,13-14H2,1-4H3/t17-/m1/s1. The summed E-state index contributed by atoms with van der Waals surface area (Å²) < 4.78 is 29.7. The van der Waals surface area contributed by atoms with E-state index in [1.54, 1.807) is 24.3 Å². The second kappa shape index (κ2) is 7.95. The van der Waals surface area contributed by atoms with Crippen molar-refractivity contribution in [1.82, 2.24) is 0 Å². The van der Waals surface area contributed by atoms with Crippen LogP contribution in [0.25, 0.3) is 0 Å². The van der Waals surface area contributed by atoms with E-state index >= 15 is 0 Å². The van der Waals surface area contributed by atoms with Gasteiger partial charge in [0.05, 0.1) is 11.5 Å². The van der Waals surface area contributed by atoms with Gasteiger partial charge in [-0.1, -0.05) is 62.7 Å². The molecule has 0 heterocycles. The first-order valence-electron chi connectivity index (χ1n) is 8.33. The predicted molar refractivity (Wildman–Crippen MR) is 97.7 cm³/mol. The van der Waals surface area contributed by atoms with Crippen LogP contribution in [0.15, 0.2) is 53.4 Å². The van der Waals surface area contributed by atoms with Crippen molar-refractivity contribution >= 4 is 10.1 Å².